The SMILES string of the molecule is NC1(CC(=O)Cc2ccnc3ccccc23)CCC1. The van der Waals surface area contributed by atoms with Crippen molar-refractivity contribution in [1.29, 1.82) is 0 Å². The highest BCUT2D eigenvalue weighted by molar-refractivity contribution is 5.89. The molecule has 1 fully saturated rings. The van der Waals surface area contributed by atoms with Crippen LogP contribution < -0.4 is 5.73 Å². The summed E-state index contributed by atoms with van der Waals surface area (Å²) in [5.41, 5.74) is 7.91. The highest BCUT2D eigenvalue weighted by Crippen LogP contribution is 2.32. The van der Waals surface area contributed by atoms with Gasteiger partial charge in [0.1, 0.15) is 5.78 Å². The number of Topliss-reactive ketones (excluding diaryl/α,β-unsaturated/α-hetero) is 1. The molecule has 0 unspecified atom stereocenters. The fraction of sp³-hybridized carbons (Fsp3) is 0.375. The van der Waals surface area contributed by atoms with Crippen LogP contribution >= 0.6 is 0 Å². The van der Waals surface area contributed by atoms with E-state index in [2.05, 4.69) is 4.98 Å². The van der Waals surface area contributed by atoms with E-state index in [-0.39, 0.29) is 11.3 Å². The van der Waals surface area contributed by atoms with Crippen LogP contribution in [0.1, 0.15) is 31.2 Å². The Kier molecular flexibility index (Phi) is 3.07. The first kappa shape index (κ1) is 12.3. The standard InChI is InChI=1S/C16H18N2O/c17-16(7-3-8-16)11-13(19)10-12-6-9-18-15-5-2-1-4-14(12)15/h1-2,4-6,9H,3,7-8,10-11,17H2. The van der Waals surface area contributed by atoms with Crippen LogP contribution in [0.15, 0.2) is 36.5 Å². The van der Waals surface area contributed by atoms with E-state index < -0.39 is 0 Å². The van der Waals surface area contributed by atoms with Crippen LogP contribution in [0, 0.1) is 0 Å². The van der Waals surface area contributed by atoms with E-state index in [1.807, 2.05) is 30.3 Å². The second kappa shape index (κ2) is 4.74. The maximum absolute atomic E-state index is 12.2. The lowest BCUT2D eigenvalue weighted by molar-refractivity contribution is -0.120. The Balaban J connectivity index is 1.79. The smallest absolute Gasteiger partial charge is 0.139 e. The number of aromatic nitrogens is 1. The molecule has 2 N–H and O–H groups in total. The maximum atomic E-state index is 12.2. The summed E-state index contributed by atoms with van der Waals surface area (Å²) in [6.45, 7) is 0. The molecule has 0 aliphatic heterocycles. The normalized spacial score (nSPS) is 17.1. The Hall–Kier alpha value is -1.74. The number of fused-ring (bicyclic) bond motifs is 1. The lowest BCUT2D eigenvalue weighted by atomic mass is 9.74. The number of nitrogens with two attached hydrogens (primary N) is 1. The molecule has 0 spiro atoms. The number of benzene rings is 1. The molecule has 98 valence electrons. The van der Waals surface area contributed by atoms with Gasteiger partial charge in [-0.05, 0) is 37.0 Å². The molecule has 3 rings (SSSR count). The highest BCUT2D eigenvalue weighted by atomic mass is 16.1. The van der Waals surface area contributed by atoms with Crippen molar-refractivity contribution in [3.8, 4) is 0 Å². The average molecular weight is 254 g/mol. The first-order valence-corrected chi connectivity index (χ1v) is 6.80. The van der Waals surface area contributed by atoms with Crippen molar-refractivity contribution in [3.63, 3.8) is 0 Å². The van der Waals surface area contributed by atoms with E-state index >= 15 is 0 Å². The number of ketones is 1. The second-order valence-electron chi connectivity index (χ2n) is 5.60. The van der Waals surface area contributed by atoms with Gasteiger partial charge in [0.05, 0.1) is 5.52 Å². The summed E-state index contributed by atoms with van der Waals surface area (Å²) in [5.74, 6) is 0.235. The Bertz CT molecular complexity index is 612. The van der Waals surface area contributed by atoms with E-state index in [4.69, 9.17) is 5.73 Å². The summed E-state index contributed by atoms with van der Waals surface area (Å²) >= 11 is 0. The molecule has 19 heavy (non-hydrogen) atoms. The molecular weight excluding hydrogens is 236 g/mol. The molecule has 1 aromatic heterocycles. The van der Waals surface area contributed by atoms with Crippen LogP contribution in [0.25, 0.3) is 10.9 Å². The number of para-hydroxylation sites is 1. The molecule has 2 aromatic rings. The van der Waals surface area contributed by atoms with Gasteiger partial charge in [-0.2, -0.15) is 0 Å². The second-order valence-corrected chi connectivity index (χ2v) is 5.60. The van der Waals surface area contributed by atoms with Crippen molar-refractivity contribution in [2.45, 2.75) is 37.6 Å². The minimum absolute atomic E-state index is 0.222. The zero-order valence-electron chi connectivity index (χ0n) is 10.9. The minimum Gasteiger partial charge on any atom is -0.325 e. The molecule has 1 saturated carbocycles. The fourth-order valence-corrected chi connectivity index (χ4v) is 2.78. The average Bonchev–Trinajstić information content (AvgIpc) is 2.37. The maximum Gasteiger partial charge on any atom is 0.139 e. The number of hydrogen-bond donors (Lipinski definition) is 1. The third kappa shape index (κ3) is 2.51. The summed E-state index contributed by atoms with van der Waals surface area (Å²) in [6.07, 6.45) is 5.85. The minimum atomic E-state index is -0.222. The van der Waals surface area contributed by atoms with Crippen molar-refractivity contribution < 1.29 is 4.79 Å². The third-order valence-electron chi connectivity index (χ3n) is 4.03. The molecule has 0 amide bonds. The molecule has 1 aliphatic rings. The van der Waals surface area contributed by atoms with Crippen molar-refractivity contribution in [3.05, 3.63) is 42.1 Å². The Labute approximate surface area is 112 Å². The predicted molar refractivity (Wildman–Crippen MR) is 75.8 cm³/mol. The summed E-state index contributed by atoms with van der Waals surface area (Å²) in [5, 5.41) is 1.07. The topological polar surface area (TPSA) is 56.0 Å². The molecule has 0 atom stereocenters. The third-order valence-corrected chi connectivity index (χ3v) is 4.03. The van der Waals surface area contributed by atoms with Crippen LogP contribution in [0.4, 0.5) is 0 Å². The molecule has 1 aromatic carbocycles. The van der Waals surface area contributed by atoms with Crippen molar-refractivity contribution >= 4 is 16.7 Å². The monoisotopic (exact) mass is 254 g/mol. The van der Waals surface area contributed by atoms with E-state index in [1.165, 1.54) is 0 Å². The first-order chi connectivity index (χ1) is 9.16. The largest absolute Gasteiger partial charge is 0.325 e. The van der Waals surface area contributed by atoms with Gasteiger partial charge in [-0.25, -0.2) is 0 Å². The van der Waals surface area contributed by atoms with Gasteiger partial charge in [-0.15, -0.1) is 0 Å². The first-order valence-electron chi connectivity index (χ1n) is 6.80. The van der Waals surface area contributed by atoms with Crippen molar-refractivity contribution in [2.75, 3.05) is 0 Å². The van der Waals surface area contributed by atoms with Gasteiger partial charge in [0.15, 0.2) is 0 Å². The molecule has 0 bridgehead atoms. The van der Waals surface area contributed by atoms with Gasteiger partial charge >= 0.3 is 0 Å². The van der Waals surface area contributed by atoms with Crippen LogP contribution in [0.5, 0.6) is 0 Å². The van der Waals surface area contributed by atoms with Crippen LogP contribution in [-0.2, 0) is 11.2 Å². The van der Waals surface area contributed by atoms with Gasteiger partial charge in [0, 0.05) is 30.0 Å². The quantitative estimate of drug-likeness (QED) is 0.912. The Morgan fingerprint density at radius 1 is 1.26 bits per heavy atom. The lowest BCUT2D eigenvalue weighted by Crippen LogP contribution is -2.48. The van der Waals surface area contributed by atoms with Gasteiger partial charge in [-0.3, -0.25) is 9.78 Å². The number of carbonyl (C=O) groups excluding carboxylic acids is 1. The van der Waals surface area contributed by atoms with Crippen LogP contribution in [0.3, 0.4) is 0 Å². The molecule has 1 heterocycles. The molecular formula is C16H18N2O. The van der Waals surface area contributed by atoms with E-state index in [0.29, 0.717) is 12.8 Å². The van der Waals surface area contributed by atoms with E-state index in [1.54, 1.807) is 6.20 Å². The lowest BCUT2D eigenvalue weighted by Gasteiger charge is -2.37. The zero-order chi connectivity index (χ0) is 13.3. The predicted octanol–water partition coefficient (Wildman–Crippen LogP) is 2.62. The van der Waals surface area contributed by atoms with Gasteiger partial charge in [-0.1, -0.05) is 18.2 Å². The molecule has 3 nitrogen and oxygen atoms in total. The summed E-state index contributed by atoms with van der Waals surface area (Å²) in [6, 6.07) is 9.87. The fourth-order valence-electron chi connectivity index (χ4n) is 2.78. The number of nitrogens with zero attached hydrogens (tertiary/aromatic N) is 1. The van der Waals surface area contributed by atoms with E-state index in [9.17, 15) is 4.79 Å². The molecule has 1 aliphatic carbocycles. The summed E-state index contributed by atoms with van der Waals surface area (Å²) in [7, 11) is 0. The van der Waals surface area contributed by atoms with Crippen molar-refractivity contribution in [1.82, 2.24) is 4.98 Å². The molecule has 3 heteroatoms. The Morgan fingerprint density at radius 2 is 2.05 bits per heavy atom. The van der Waals surface area contributed by atoms with Gasteiger partial charge < -0.3 is 5.73 Å². The van der Waals surface area contributed by atoms with Crippen LogP contribution in [0.2, 0.25) is 0 Å². The zero-order valence-corrected chi connectivity index (χ0v) is 10.9. The number of hydrogen-bond acceptors (Lipinski definition) is 3. The number of pyridine rings is 1. The summed E-state index contributed by atoms with van der Waals surface area (Å²) < 4.78 is 0. The van der Waals surface area contributed by atoms with Gasteiger partial charge in [0.25, 0.3) is 0 Å². The Morgan fingerprint density at radius 3 is 2.79 bits per heavy atom. The highest BCUT2D eigenvalue weighted by Gasteiger charge is 2.34. The molecule has 0 saturated heterocycles. The summed E-state index contributed by atoms with van der Waals surface area (Å²) in [4.78, 5) is 16.5. The molecule has 0 radical (unpaired) electrons. The number of carbonyl (C=O) groups is 1. The van der Waals surface area contributed by atoms with Crippen molar-refractivity contribution in [2.24, 2.45) is 5.73 Å². The number of rotatable bonds is 4. The van der Waals surface area contributed by atoms with Gasteiger partial charge in [0.2, 0.25) is 0 Å². The van der Waals surface area contributed by atoms with E-state index in [0.717, 1.165) is 35.7 Å². The van der Waals surface area contributed by atoms with Crippen LogP contribution in [-0.4, -0.2) is 16.3 Å².